The third-order valence-electron chi connectivity index (χ3n) is 4.23. The van der Waals surface area contributed by atoms with Gasteiger partial charge in [0.15, 0.2) is 9.84 Å². The number of phenols is 1. The third-order valence-corrected chi connectivity index (χ3v) is 6.00. The van der Waals surface area contributed by atoms with Crippen LogP contribution >= 0.6 is 0 Å². The van der Waals surface area contributed by atoms with Crippen LogP contribution in [0.3, 0.4) is 0 Å². The first-order chi connectivity index (χ1) is 11.5. The van der Waals surface area contributed by atoms with Crippen molar-refractivity contribution >= 4 is 15.5 Å². The first-order valence-corrected chi connectivity index (χ1v) is 9.64. The van der Waals surface area contributed by atoms with Crippen LogP contribution in [-0.2, 0) is 14.6 Å². The fourth-order valence-corrected chi connectivity index (χ4v) is 4.04. The monoisotopic (exact) mass is 347 g/mol. The number of sulfone groups is 1. The van der Waals surface area contributed by atoms with Gasteiger partial charge in [0.25, 0.3) is 0 Å². The average Bonchev–Trinajstić information content (AvgIpc) is 2.62. The molecule has 0 bridgehead atoms. The summed E-state index contributed by atoms with van der Waals surface area (Å²) in [6, 6.07) is 14.1. The Morgan fingerprint density at radius 2 is 2.00 bits per heavy atom. The topological polar surface area (TPSA) is 66.8 Å². The molecule has 1 saturated heterocycles. The maximum atomic E-state index is 12.4. The number of benzene rings is 2. The molecule has 0 spiro atoms. The highest BCUT2D eigenvalue weighted by Crippen LogP contribution is 2.31. The van der Waals surface area contributed by atoms with E-state index in [1.165, 1.54) is 0 Å². The predicted octanol–water partition coefficient (Wildman–Crippen LogP) is 2.76. The van der Waals surface area contributed by atoms with Crippen LogP contribution in [0.2, 0.25) is 0 Å². The lowest BCUT2D eigenvalue weighted by atomic mass is 10.1. The quantitative estimate of drug-likeness (QED) is 0.921. The highest BCUT2D eigenvalue weighted by molar-refractivity contribution is 7.91. The van der Waals surface area contributed by atoms with Crippen molar-refractivity contribution in [3.63, 3.8) is 0 Å². The van der Waals surface area contributed by atoms with Crippen molar-refractivity contribution < 1.29 is 18.3 Å². The number of anilines is 1. The van der Waals surface area contributed by atoms with E-state index in [0.29, 0.717) is 30.3 Å². The molecular formula is C18H21NO4S. The Balaban J connectivity index is 1.91. The third kappa shape index (κ3) is 3.39. The smallest absolute Gasteiger partial charge is 0.180 e. The van der Waals surface area contributed by atoms with Crippen molar-refractivity contribution in [3.8, 4) is 5.75 Å². The maximum absolute atomic E-state index is 12.4. The first kappa shape index (κ1) is 16.8. The van der Waals surface area contributed by atoms with Gasteiger partial charge in [-0.05, 0) is 29.8 Å². The summed E-state index contributed by atoms with van der Waals surface area (Å²) in [6.07, 6.45) is -0.205. The highest BCUT2D eigenvalue weighted by atomic mass is 32.2. The largest absolute Gasteiger partial charge is 0.508 e. The molecule has 2 aromatic rings. The number of rotatable bonds is 4. The molecule has 2 aromatic carbocycles. The molecule has 5 nitrogen and oxygen atoms in total. The number of hydrogen-bond acceptors (Lipinski definition) is 5. The predicted molar refractivity (Wildman–Crippen MR) is 93.2 cm³/mol. The maximum Gasteiger partial charge on any atom is 0.180 e. The van der Waals surface area contributed by atoms with Gasteiger partial charge in [-0.2, -0.15) is 0 Å². The lowest BCUT2D eigenvalue weighted by Gasteiger charge is -2.35. The van der Waals surface area contributed by atoms with E-state index >= 15 is 0 Å². The van der Waals surface area contributed by atoms with Crippen molar-refractivity contribution in [3.05, 3.63) is 54.1 Å². The molecule has 1 atom stereocenters. The fraction of sp³-hybridized carbons (Fsp3) is 0.333. The van der Waals surface area contributed by atoms with Crippen molar-refractivity contribution in [2.45, 2.75) is 17.9 Å². The second-order valence-corrected chi connectivity index (χ2v) is 8.02. The Labute approximate surface area is 142 Å². The Morgan fingerprint density at radius 3 is 2.75 bits per heavy atom. The zero-order valence-corrected chi connectivity index (χ0v) is 14.4. The number of ether oxygens (including phenoxy) is 1. The second kappa shape index (κ2) is 6.83. The normalized spacial score (nSPS) is 18.5. The molecule has 0 radical (unpaired) electrons. The Morgan fingerprint density at radius 1 is 1.21 bits per heavy atom. The summed E-state index contributed by atoms with van der Waals surface area (Å²) < 4.78 is 30.6. The van der Waals surface area contributed by atoms with Gasteiger partial charge in [0.05, 0.1) is 22.9 Å². The van der Waals surface area contributed by atoms with Gasteiger partial charge in [-0.1, -0.05) is 31.2 Å². The van der Waals surface area contributed by atoms with Crippen LogP contribution in [0.5, 0.6) is 5.75 Å². The van der Waals surface area contributed by atoms with E-state index in [2.05, 4.69) is 0 Å². The van der Waals surface area contributed by atoms with Crippen LogP contribution in [0.1, 0.15) is 18.6 Å². The summed E-state index contributed by atoms with van der Waals surface area (Å²) in [5.41, 5.74) is 1.60. The number of aromatic hydroxyl groups is 1. The molecule has 0 aromatic heterocycles. The summed E-state index contributed by atoms with van der Waals surface area (Å²) in [4.78, 5) is 2.41. The molecule has 128 valence electrons. The fourth-order valence-electron chi connectivity index (χ4n) is 2.93. The molecule has 0 amide bonds. The minimum absolute atomic E-state index is 0.0737. The van der Waals surface area contributed by atoms with Gasteiger partial charge in [-0.25, -0.2) is 8.42 Å². The van der Waals surface area contributed by atoms with Crippen LogP contribution < -0.4 is 4.90 Å². The Bertz CT molecular complexity index is 819. The molecule has 3 rings (SSSR count). The van der Waals surface area contributed by atoms with E-state index in [0.717, 1.165) is 5.56 Å². The number of nitrogens with zero attached hydrogens (tertiary/aromatic N) is 1. The summed E-state index contributed by atoms with van der Waals surface area (Å²) in [7, 11) is -3.29. The number of para-hydroxylation sites is 1. The molecule has 1 aliphatic rings. The molecule has 0 saturated carbocycles. The van der Waals surface area contributed by atoms with Gasteiger partial charge >= 0.3 is 0 Å². The Hall–Kier alpha value is -2.05. The first-order valence-electron chi connectivity index (χ1n) is 7.98. The van der Waals surface area contributed by atoms with Crippen LogP contribution in [0.25, 0.3) is 0 Å². The van der Waals surface area contributed by atoms with E-state index in [9.17, 15) is 13.5 Å². The molecule has 1 N–H and O–H groups in total. The molecule has 24 heavy (non-hydrogen) atoms. The summed E-state index contributed by atoms with van der Waals surface area (Å²) >= 11 is 0. The van der Waals surface area contributed by atoms with E-state index in [1.54, 1.807) is 37.3 Å². The molecule has 0 aliphatic carbocycles. The van der Waals surface area contributed by atoms with E-state index in [1.807, 2.05) is 23.1 Å². The molecule has 1 fully saturated rings. The van der Waals surface area contributed by atoms with E-state index < -0.39 is 9.84 Å². The standard InChI is InChI=1S/C18H21NO4S/c1-2-24(21,22)18-9-4-3-8-16(18)19-10-11-23-17(13-19)14-6-5-7-15(20)12-14/h3-9,12,17,20H,2,10-11,13H2,1H3/t17-/m0/s1. The molecule has 0 unspecified atom stereocenters. The molecule has 1 heterocycles. The van der Waals surface area contributed by atoms with Crippen LogP contribution in [0.4, 0.5) is 5.69 Å². The average molecular weight is 347 g/mol. The molecular weight excluding hydrogens is 326 g/mol. The minimum Gasteiger partial charge on any atom is -0.508 e. The van der Waals surface area contributed by atoms with Crippen molar-refractivity contribution in [1.29, 1.82) is 0 Å². The van der Waals surface area contributed by atoms with Gasteiger partial charge in [0.2, 0.25) is 0 Å². The zero-order chi connectivity index (χ0) is 17.2. The van der Waals surface area contributed by atoms with Gasteiger partial charge < -0.3 is 14.7 Å². The van der Waals surface area contributed by atoms with Crippen molar-refractivity contribution in [1.82, 2.24) is 0 Å². The van der Waals surface area contributed by atoms with Crippen LogP contribution in [0.15, 0.2) is 53.4 Å². The lowest BCUT2D eigenvalue weighted by molar-refractivity contribution is 0.0395. The van der Waals surface area contributed by atoms with Gasteiger partial charge in [0.1, 0.15) is 11.9 Å². The summed E-state index contributed by atoms with van der Waals surface area (Å²) in [5.74, 6) is 0.270. The lowest BCUT2D eigenvalue weighted by Crippen LogP contribution is -2.39. The summed E-state index contributed by atoms with van der Waals surface area (Å²) in [6.45, 7) is 3.33. The minimum atomic E-state index is -3.29. The summed E-state index contributed by atoms with van der Waals surface area (Å²) in [5, 5.41) is 9.66. The number of phenolic OH excluding ortho intramolecular Hbond substituents is 1. The van der Waals surface area contributed by atoms with Gasteiger partial charge in [-0.3, -0.25) is 0 Å². The molecule has 6 heteroatoms. The second-order valence-electron chi connectivity index (χ2n) is 5.77. The van der Waals surface area contributed by atoms with Crippen LogP contribution in [-0.4, -0.2) is 39.0 Å². The zero-order valence-electron chi connectivity index (χ0n) is 13.6. The Kier molecular flexibility index (Phi) is 4.78. The van der Waals surface area contributed by atoms with Crippen molar-refractivity contribution in [2.24, 2.45) is 0 Å². The SMILES string of the molecule is CCS(=O)(=O)c1ccccc1N1CCO[C@H](c2cccc(O)c2)C1. The van der Waals surface area contributed by atoms with Crippen molar-refractivity contribution in [2.75, 3.05) is 30.3 Å². The highest BCUT2D eigenvalue weighted by Gasteiger charge is 2.26. The number of morpholine rings is 1. The van der Waals surface area contributed by atoms with Crippen LogP contribution in [0, 0.1) is 0 Å². The van der Waals surface area contributed by atoms with Gasteiger partial charge in [0, 0.05) is 13.1 Å². The van der Waals surface area contributed by atoms with Gasteiger partial charge in [-0.15, -0.1) is 0 Å². The molecule has 1 aliphatic heterocycles. The van der Waals surface area contributed by atoms with E-state index in [4.69, 9.17) is 4.74 Å². The number of hydrogen-bond donors (Lipinski definition) is 1. The van der Waals surface area contributed by atoms with E-state index in [-0.39, 0.29) is 17.6 Å².